The lowest BCUT2D eigenvalue weighted by Gasteiger charge is -2.24. The van der Waals surface area contributed by atoms with Gasteiger partial charge in [-0.05, 0) is 65.5 Å². The SMILES string of the molecule is CC(C)CC(=O)N1C[C@H](C)C[C@H]1c1ncc(C#Cc2ccc3cc(-c4cnc([C@@H]5C[C@@H](N)CN5C(=O)CC(C)C)[nH]4)ccc3c2)[nH]1. The van der Waals surface area contributed by atoms with Crippen LogP contribution in [-0.2, 0) is 9.59 Å². The van der Waals surface area contributed by atoms with Gasteiger partial charge < -0.3 is 25.5 Å². The zero-order valence-corrected chi connectivity index (χ0v) is 27.5. The summed E-state index contributed by atoms with van der Waals surface area (Å²) in [6.07, 6.45) is 6.28. The molecule has 0 aliphatic carbocycles. The summed E-state index contributed by atoms with van der Waals surface area (Å²) >= 11 is 0. The zero-order chi connectivity index (χ0) is 32.5. The number of fused-ring (bicyclic) bond motifs is 1. The Kier molecular flexibility index (Phi) is 9.01. The van der Waals surface area contributed by atoms with E-state index >= 15 is 0 Å². The minimum Gasteiger partial charge on any atom is -0.340 e. The van der Waals surface area contributed by atoms with Crippen LogP contribution in [0, 0.1) is 29.6 Å². The third-order valence-corrected chi connectivity index (χ3v) is 8.97. The number of nitrogens with zero attached hydrogens (tertiary/aromatic N) is 4. The molecule has 2 fully saturated rings. The van der Waals surface area contributed by atoms with Gasteiger partial charge in [-0.2, -0.15) is 0 Å². The van der Waals surface area contributed by atoms with Gasteiger partial charge in [-0.3, -0.25) is 9.59 Å². The normalized spacial score (nSPS) is 21.4. The number of aromatic amines is 2. The Morgan fingerprint density at radius 3 is 2.22 bits per heavy atom. The van der Waals surface area contributed by atoms with Crippen LogP contribution in [0.2, 0.25) is 0 Å². The molecule has 46 heavy (non-hydrogen) atoms. The van der Waals surface area contributed by atoms with Crippen molar-refractivity contribution in [3.63, 3.8) is 0 Å². The van der Waals surface area contributed by atoms with Gasteiger partial charge in [-0.1, -0.05) is 58.7 Å². The van der Waals surface area contributed by atoms with Crippen molar-refractivity contribution in [1.82, 2.24) is 29.7 Å². The number of nitrogens with one attached hydrogen (secondary N) is 2. The fourth-order valence-corrected chi connectivity index (χ4v) is 6.77. The van der Waals surface area contributed by atoms with Crippen LogP contribution in [-0.4, -0.2) is 60.7 Å². The summed E-state index contributed by atoms with van der Waals surface area (Å²) in [7, 11) is 0. The highest BCUT2D eigenvalue weighted by atomic mass is 16.2. The van der Waals surface area contributed by atoms with Gasteiger partial charge in [-0.25, -0.2) is 9.97 Å². The van der Waals surface area contributed by atoms with Gasteiger partial charge in [0.15, 0.2) is 0 Å². The van der Waals surface area contributed by atoms with Gasteiger partial charge in [0.05, 0.1) is 30.2 Å². The van der Waals surface area contributed by atoms with E-state index in [1.54, 1.807) is 6.20 Å². The largest absolute Gasteiger partial charge is 0.340 e. The van der Waals surface area contributed by atoms with E-state index in [1.807, 2.05) is 22.1 Å². The number of amides is 2. The summed E-state index contributed by atoms with van der Waals surface area (Å²) in [5.74, 6) is 9.48. The van der Waals surface area contributed by atoms with Crippen LogP contribution in [0.3, 0.4) is 0 Å². The number of hydrogen-bond acceptors (Lipinski definition) is 5. The van der Waals surface area contributed by atoms with E-state index in [4.69, 9.17) is 5.73 Å². The third kappa shape index (κ3) is 6.87. The van der Waals surface area contributed by atoms with Crippen LogP contribution < -0.4 is 5.73 Å². The Hall–Kier alpha value is -4.42. The molecule has 2 saturated heterocycles. The molecule has 0 spiro atoms. The first-order valence-electron chi connectivity index (χ1n) is 16.5. The highest BCUT2D eigenvalue weighted by Crippen LogP contribution is 2.35. The first kappa shape index (κ1) is 31.6. The molecule has 6 rings (SSSR count). The van der Waals surface area contributed by atoms with E-state index in [0.717, 1.165) is 57.9 Å². The molecule has 2 aromatic carbocycles. The van der Waals surface area contributed by atoms with Gasteiger partial charge in [-0.15, -0.1) is 0 Å². The summed E-state index contributed by atoms with van der Waals surface area (Å²) in [6, 6.07) is 12.3. The summed E-state index contributed by atoms with van der Waals surface area (Å²) in [5, 5.41) is 2.19. The van der Waals surface area contributed by atoms with Crippen LogP contribution in [0.25, 0.3) is 22.0 Å². The molecular weight excluding hydrogens is 574 g/mol. The van der Waals surface area contributed by atoms with Crippen molar-refractivity contribution in [3.8, 4) is 23.1 Å². The van der Waals surface area contributed by atoms with Crippen molar-refractivity contribution in [1.29, 1.82) is 0 Å². The van der Waals surface area contributed by atoms with Crippen LogP contribution >= 0.6 is 0 Å². The summed E-state index contributed by atoms with van der Waals surface area (Å²) in [5.41, 5.74) is 9.85. The molecule has 0 saturated carbocycles. The van der Waals surface area contributed by atoms with Crippen LogP contribution in [0.5, 0.6) is 0 Å². The van der Waals surface area contributed by atoms with Gasteiger partial charge in [0.25, 0.3) is 0 Å². The number of carbonyl (C=O) groups excluding carboxylic acids is 2. The molecule has 2 aromatic heterocycles. The van der Waals surface area contributed by atoms with Crippen molar-refractivity contribution in [2.75, 3.05) is 13.1 Å². The fourth-order valence-electron chi connectivity index (χ4n) is 6.77. The Bertz CT molecular complexity index is 1790. The first-order valence-corrected chi connectivity index (χ1v) is 16.5. The van der Waals surface area contributed by atoms with Crippen molar-refractivity contribution in [2.45, 2.75) is 78.4 Å². The average Bonchev–Trinajstić information content (AvgIpc) is 3.81. The maximum Gasteiger partial charge on any atom is 0.223 e. The number of H-pyrrole nitrogens is 2. The van der Waals surface area contributed by atoms with Crippen molar-refractivity contribution < 1.29 is 9.59 Å². The lowest BCUT2D eigenvalue weighted by molar-refractivity contribution is -0.134. The lowest BCUT2D eigenvalue weighted by atomic mass is 10.0. The minimum atomic E-state index is -0.129. The van der Waals surface area contributed by atoms with E-state index < -0.39 is 0 Å². The molecule has 9 nitrogen and oxygen atoms in total. The Labute approximate surface area is 271 Å². The van der Waals surface area contributed by atoms with Gasteiger partial charge >= 0.3 is 0 Å². The lowest BCUT2D eigenvalue weighted by Crippen LogP contribution is -2.34. The average molecular weight is 620 g/mol. The minimum absolute atomic E-state index is 0.0281. The molecule has 2 aliphatic rings. The number of nitrogens with two attached hydrogens (primary N) is 1. The Morgan fingerprint density at radius 2 is 1.48 bits per heavy atom. The Morgan fingerprint density at radius 1 is 0.848 bits per heavy atom. The quantitative estimate of drug-likeness (QED) is 0.221. The van der Waals surface area contributed by atoms with E-state index in [1.165, 1.54) is 0 Å². The van der Waals surface area contributed by atoms with Gasteiger partial charge in [0.2, 0.25) is 11.8 Å². The van der Waals surface area contributed by atoms with E-state index in [9.17, 15) is 9.59 Å². The molecule has 4 atom stereocenters. The second kappa shape index (κ2) is 13.1. The molecule has 2 amide bonds. The monoisotopic (exact) mass is 619 g/mol. The molecular formula is C37H45N7O2. The van der Waals surface area contributed by atoms with Gasteiger partial charge in [0, 0.05) is 43.1 Å². The van der Waals surface area contributed by atoms with E-state index in [2.05, 4.69) is 96.7 Å². The van der Waals surface area contributed by atoms with Crippen LogP contribution in [0.4, 0.5) is 0 Å². The summed E-state index contributed by atoms with van der Waals surface area (Å²) < 4.78 is 0. The standard InChI is InChI=1S/C37H45N7O2/c1-22(2)12-34(45)43-20-24(5)14-32(43)36-39-18-30(41-36)11-7-25-6-8-27-16-28(10-9-26(27)15-25)31-19-40-37(42-31)33-17-29(38)21-44(33)35(46)13-23(3)4/h6,8-10,15-16,18-19,22-24,29,32-33H,12-14,17,20-21,38H2,1-5H3,(H,39,41)(H,40,42)/t24-,29-,32+,33+/m1/s1. The van der Waals surface area contributed by atoms with Crippen LogP contribution in [0.1, 0.15) is 95.3 Å². The molecule has 0 unspecified atom stereocenters. The van der Waals surface area contributed by atoms with E-state index in [-0.39, 0.29) is 29.9 Å². The second-order valence-corrected chi connectivity index (χ2v) is 14.0. The molecule has 9 heteroatoms. The summed E-state index contributed by atoms with van der Waals surface area (Å²) in [6.45, 7) is 11.8. The topological polar surface area (TPSA) is 124 Å². The maximum atomic E-state index is 12.9. The van der Waals surface area contributed by atoms with Crippen LogP contribution in [0.15, 0.2) is 48.8 Å². The summed E-state index contributed by atoms with van der Waals surface area (Å²) in [4.78, 5) is 45.8. The van der Waals surface area contributed by atoms with Crippen molar-refractivity contribution in [3.05, 3.63) is 71.7 Å². The molecule has 2 aliphatic heterocycles. The second-order valence-electron chi connectivity index (χ2n) is 14.0. The number of carbonyl (C=O) groups is 2. The number of hydrogen-bond donors (Lipinski definition) is 3. The number of rotatable bonds is 7. The highest BCUT2D eigenvalue weighted by molar-refractivity contribution is 5.88. The Balaban J connectivity index is 1.15. The number of aromatic nitrogens is 4. The van der Waals surface area contributed by atoms with Crippen molar-refractivity contribution in [2.24, 2.45) is 23.5 Å². The predicted molar refractivity (Wildman–Crippen MR) is 180 cm³/mol. The van der Waals surface area contributed by atoms with Crippen molar-refractivity contribution >= 4 is 22.6 Å². The number of imidazole rings is 2. The fraction of sp³-hybridized carbons (Fsp3) is 0.459. The number of benzene rings is 2. The highest BCUT2D eigenvalue weighted by Gasteiger charge is 2.37. The molecule has 0 radical (unpaired) electrons. The van der Waals surface area contributed by atoms with Gasteiger partial charge in [0.1, 0.15) is 17.3 Å². The molecule has 4 aromatic rings. The smallest absolute Gasteiger partial charge is 0.223 e. The predicted octanol–water partition coefficient (Wildman–Crippen LogP) is 5.96. The number of likely N-dealkylation sites (tertiary alicyclic amines) is 2. The first-order chi connectivity index (χ1) is 22.0. The molecule has 4 N–H and O–H groups in total. The molecule has 0 bridgehead atoms. The molecule has 4 heterocycles. The zero-order valence-electron chi connectivity index (χ0n) is 27.5. The maximum absolute atomic E-state index is 12.9. The molecule has 240 valence electrons. The van der Waals surface area contributed by atoms with E-state index in [0.29, 0.717) is 43.6 Å². The third-order valence-electron chi connectivity index (χ3n) is 8.97.